The van der Waals surface area contributed by atoms with Gasteiger partial charge in [-0.1, -0.05) is 23.7 Å². The topological polar surface area (TPSA) is 61.4 Å². The molecule has 88 valence electrons. The Kier molecular flexibility index (Phi) is 5.08. The molecule has 0 aliphatic heterocycles. The van der Waals surface area contributed by atoms with Gasteiger partial charge in [-0.3, -0.25) is 0 Å². The number of aliphatic hydroxyl groups excluding tert-OH is 1. The zero-order valence-corrected chi connectivity index (χ0v) is 9.79. The van der Waals surface area contributed by atoms with Gasteiger partial charge in [-0.2, -0.15) is 0 Å². The summed E-state index contributed by atoms with van der Waals surface area (Å²) >= 11 is 5.76. The highest BCUT2D eigenvalue weighted by Gasteiger charge is 2.08. The Labute approximate surface area is 99.6 Å². The predicted molar refractivity (Wildman–Crippen MR) is 63.5 cm³/mol. The summed E-state index contributed by atoms with van der Waals surface area (Å²) in [6.45, 7) is 2.06. The van der Waals surface area contributed by atoms with Crippen LogP contribution in [0.25, 0.3) is 0 Å². The molecule has 0 fully saturated rings. The summed E-state index contributed by atoms with van der Waals surface area (Å²) in [7, 11) is 0. The molecular formula is C11H15ClN2O2. The number of aliphatic hydroxyl groups is 1. The molecule has 4 nitrogen and oxygen atoms in total. The summed E-state index contributed by atoms with van der Waals surface area (Å²) in [6.07, 6.45) is 0. The summed E-state index contributed by atoms with van der Waals surface area (Å²) in [6, 6.07) is 6.88. The molecule has 0 bridgehead atoms. The van der Waals surface area contributed by atoms with E-state index in [2.05, 4.69) is 10.6 Å². The number of nitrogens with one attached hydrogen (secondary N) is 2. The van der Waals surface area contributed by atoms with E-state index in [1.807, 2.05) is 19.1 Å². The van der Waals surface area contributed by atoms with E-state index in [0.29, 0.717) is 5.02 Å². The van der Waals surface area contributed by atoms with Crippen molar-refractivity contribution in [1.82, 2.24) is 10.6 Å². The lowest BCUT2D eigenvalue weighted by Gasteiger charge is -2.14. The Hall–Kier alpha value is -1.26. The molecule has 0 saturated carbocycles. The molecule has 0 aliphatic rings. The number of carbonyl (C=O) groups is 1. The lowest BCUT2D eigenvalue weighted by atomic mass is 10.1. The number of halogens is 1. The van der Waals surface area contributed by atoms with Crippen molar-refractivity contribution >= 4 is 17.6 Å². The maximum atomic E-state index is 11.3. The van der Waals surface area contributed by atoms with Gasteiger partial charge in [0, 0.05) is 11.6 Å². The minimum absolute atomic E-state index is 0.0667. The van der Waals surface area contributed by atoms with Crippen LogP contribution in [-0.2, 0) is 0 Å². The van der Waals surface area contributed by atoms with Gasteiger partial charge < -0.3 is 15.7 Å². The molecule has 2 amide bonds. The molecule has 1 unspecified atom stereocenters. The summed E-state index contributed by atoms with van der Waals surface area (Å²) < 4.78 is 0. The molecule has 0 radical (unpaired) electrons. The maximum Gasteiger partial charge on any atom is 0.315 e. The van der Waals surface area contributed by atoms with Crippen LogP contribution in [0.5, 0.6) is 0 Å². The second-order valence-electron chi connectivity index (χ2n) is 3.40. The van der Waals surface area contributed by atoms with Crippen molar-refractivity contribution in [2.75, 3.05) is 13.2 Å². The van der Waals surface area contributed by atoms with Crippen LogP contribution in [0.15, 0.2) is 24.3 Å². The smallest absolute Gasteiger partial charge is 0.315 e. The van der Waals surface area contributed by atoms with Gasteiger partial charge in [0.2, 0.25) is 0 Å². The van der Waals surface area contributed by atoms with Crippen LogP contribution in [-0.4, -0.2) is 24.3 Å². The van der Waals surface area contributed by atoms with Crippen molar-refractivity contribution in [3.63, 3.8) is 0 Å². The quantitative estimate of drug-likeness (QED) is 0.753. The fraction of sp³-hybridized carbons (Fsp3) is 0.364. The first kappa shape index (κ1) is 12.8. The molecule has 16 heavy (non-hydrogen) atoms. The lowest BCUT2D eigenvalue weighted by Crippen LogP contribution is -2.38. The van der Waals surface area contributed by atoms with E-state index in [0.717, 1.165) is 5.56 Å². The van der Waals surface area contributed by atoms with Crippen LogP contribution in [0.3, 0.4) is 0 Å². The van der Waals surface area contributed by atoms with E-state index in [1.165, 1.54) is 0 Å². The largest absolute Gasteiger partial charge is 0.395 e. The fourth-order valence-electron chi connectivity index (χ4n) is 1.25. The molecule has 0 aliphatic carbocycles. The normalized spacial score (nSPS) is 11.9. The first-order chi connectivity index (χ1) is 7.63. The highest BCUT2D eigenvalue weighted by atomic mass is 35.5. The van der Waals surface area contributed by atoms with Gasteiger partial charge in [-0.25, -0.2) is 4.79 Å². The van der Waals surface area contributed by atoms with Gasteiger partial charge in [0.1, 0.15) is 0 Å². The minimum atomic E-state index is -0.295. The van der Waals surface area contributed by atoms with E-state index < -0.39 is 0 Å². The summed E-state index contributed by atoms with van der Waals surface area (Å²) in [5.41, 5.74) is 0.976. The second kappa shape index (κ2) is 6.35. The number of benzene rings is 1. The van der Waals surface area contributed by atoms with Crippen molar-refractivity contribution in [2.45, 2.75) is 13.0 Å². The molecule has 0 aromatic heterocycles. The fourth-order valence-corrected chi connectivity index (χ4v) is 1.38. The molecule has 1 atom stereocenters. The molecule has 5 heteroatoms. The first-order valence-corrected chi connectivity index (χ1v) is 5.42. The molecule has 3 N–H and O–H groups in total. The number of carbonyl (C=O) groups excluding carboxylic acids is 1. The Bertz CT molecular complexity index is 340. The van der Waals surface area contributed by atoms with Crippen LogP contribution in [0.2, 0.25) is 5.02 Å². The van der Waals surface area contributed by atoms with Crippen LogP contribution < -0.4 is 10.6 Å². The highest BCUT2D eigenvalue weighted by molar-refractivity contribution is 6.30. The molecule has 0 spiro atoms. The van der Waals surface area contributed by atoms with E-state index in [1.54, 1.807) is 12.1 Å². The van der Waals surface area contributed by atoms with Gasteiger partial charge in [0.15, 0.2) is 0 Å². The Morgan fingerprint density at radius 1 is 1.44 bits per heavy atom. The van der Waals surface area contributed by atoms with E-state index in [-0.39, 0.29) is 25.2 Å². The summed E-state index contributed by atoms with van der Waals surface area (Å²) in [5.74, 6) is 0. The van der Waals surface area contributed by atoms with Gasteiger partial charge in [-0.05, 0) is 24.6 Å². The Morgan fingerprint density at radius 2 is 2.06 bits per heavy atom. The molecule has 0 heterocycles. The Balaban J connectivity index is 2.48. The van der Waals surface area contributed by atoms with Crippen LogP contribution in [0.4, 0.5) is 4.79 Å². The monoisotopic (exact) mass is 242 g/mol. The molecule has 1 rings (SSSR count). The average molecular weight is 243 g/mol. The molecule has 0 saturated heterocycles. The van der Waals surface area contributed by atoms with Crippen molar-refractivity contribution in [3.05, 3.63) is 34.9 Å². The van der Waals surface area contributed by atoms with Crippen LogP contribution in [0, 0.1) is 0 Å². The third kappa shape index (κ3) is 4.08. The first-order valence-electron chi connectivity index (χ1n) is 5.04. The highest BCUT2D eigenvalue weighted by Crippen LogP contribution is 2.15. The zero-order chi connectivity index (χ0) is 12.0. The third-order valence-corrected chi connectivity index (χ3v) is 2.37. The molecule has 1 aromatic rings. The van der Waals surface area contributed by atoms with Crippen LogP contribution >= 0.6 is 11.6 Å². The number of hydrogen-bond donors (Lipinski definition) is 3. The predicted octanol–water partition coefficient (Wildman–Crippen LogP) is 1.69. The van der Waals surface area contributed by atoms with Crippen molar-refractivity contribution < 1.29 is 9.90 Å². The number of hydrogen-bond acceptors (Lipinski definition) is 2. The summed E-state index contributed by atoms with van der Waals surface area (Å²) in [4.78, 5) is 11.3. The van der Waals surface area contributed by atoms with E-state index >= 15 is 0 Å². The second-order valence-corrected chi connectivity index (χ2v) is 3.83. The Morgan fingerprint density at radius 3 is 2.62 bits per heavy atom. The van der Waals surface area contributed by atoms with Gasteiger partial charge in [0.05, 0.1) is 12.6 Å². The number of rotatable bonds is 4. The zero-order valence-electron chi connectivity index (χ0n) is 9.03. The van der Waals surface area contributed by atoms with Crippen molar-refractivity contribution in [3.8, 4) is 0 Å². The van der Waals surface area contributed by atoms with E-state index in [9.17, 15) is 4.79 Å². The van der Waals surface area contributed by atoms with Crippen LogP contribution in [0.1, 0.15) is 18.5 Å². The third-order valence-electron chi connectivity index (χ3n) is 2.11. The lowest BCUT2D eigenvalue weighted by molar-refractivity contribution is 0.231. The van der Waals surface area contributed by atoms with Gasteiger partial charge >= 0.3 is 6.03 Å². The maximum absolute atomic E-state index is 11.3. The average Bonchev–Trinajstić information content (AvgIpc) is 2.27. The SMILES string of the molecule is CC(NC(=O)NCCO)c1ccc(Cl)cc1. The number of amides is 2. The number of urea groups is 1. The van der Waals surface area contributed by atoms with E-state index in [4.69, 9.17) is 16.7 Å². The van der Waals surface area contributed by atoms with Gasteiger partial charge in [-0.15, -0.1) is 0 Å². The summed E-state index contributed by atoms with van der Waals surface area (Å²) in [5, 5.41) is 14.5. The molecular weight excluding hydrogens is 228 g/mol. The van der Waals surface area contributed by atoms with Crippen molar-refractivity contribution in [1.29, 1.82) is 0 Å². The van der Waals surface area contributed by atoms with Crippen molar-refractivity contribution in [2.24, 2.45) is 0 Å². The van der Waals surface area contributed by atoms with Gasteiger partial charge in [0.25, 0.3) is 0 Å². The standard InChI is InChI=1S/C11H15ClN2O2/c1-8(14-11(16)13-6-7-15)9-2-4-10(12)5-3-9/h2-5,8,15H,6-7H2,1H3,(H2,13,14,16). The molecule has 1 aromatic carbocycles. The minimum Gasteiger partial charge on any atom is -0.395 e.